The lowest BCUT2D eigenvalue weighted by molar-refractivity contribution is 0.161. The van der Waals surface area contributed by atoms with E-state index in [-0.39, 0.29) is 5.54 Å². The van der Waals surface area contributed by atoms with Gasteiger partial charge in [0.25, 0.3) is 0 Å². The van der Waals surface area contributed by atoms with Crippen molar-refractivity contribution >= 4 is 0 Å². The third-order valence-electron chi connectivity index (χ3n) is 4.13. The first-order valence-electron chi connectivity index (χ1n) is 5.27. The van der Waals surface area contributed by atoms with Gasteiger partial charge < -0.3 is 5.73 Å². The van der Waals surface area contributed by atoms with Crippen LogP contribution in [0, 0.1) is 11.8 Å². The average molecular weight is 163 g/mol. The zero-order valence-corrected chi connectivity index (χ0v) is 7.55. The van der Waals surface area contributed by atoms with E-state index < -0.39 is 0 Å². The summed E-state index contributed by atoms with van der Waals surface area (Å²) in [5.74, 6) is 1.81. The lowest BCUT2D eigenvalue weighted by atomic mass is 9.57. The van der Waals surface area contributed by atoms with Gasteiger partial charge in [-0.15, -0.1) is 0 Å². The minimum atomic E-state index is 0.157. The molecule has 4 rings (SSSR count). The van der Waals surface area contributed by atoms with Gasteiger partial charge in [-0.25, -0.2) is 0 Å². The zero-order chi connectivity index (χ0) is 8.18. The van der Waals surface area contributed by atoms with Crippen LogP contribution in [0.1, 0.15) is 38.5 Å². The average Bonchev–Trinajstić information content (AvgIpc) is 2.03. The second-order valence-electron chi connectivity index (χ2n) is 4.95. The number of fused-ring (bicyclic) bond motifs is 1. The molecule has 0 aromatic rings. The highest BCUT2D eigenvalue weighted by Crippen LogP contribution is 2.52. The van der Waals surface area contributed by atoms with Gasteiger partial charge in [-0.3, -0.25) is 0 Å². The smallest absolute Gasteiger partial charge is 0.0374 e. The van der Waals surface area contributed by atoms with Gasteiger partial charge in [0.15, 0.2) is 0 Å². The van der Waals surface area contributed by atoms with Crippen LogP contribution in [-0.2, 0) is 0 Å². The van der Waals surface area contributed by atoms with Crippen molar-refractivity contribution in [3.63, 3.8) is 0 Å². The van der Waals surface area contributed by atoms with Gasteiger partial charge in [-0.2, -0.15) is 0 Å². The Hall–Kier alpha value is -0.300. The predicted molar refractivity (Wildman–Crippen MR) is 49.7 cm³/mol. The van der Waals surface area contributed by atoms with Crippen molar-refractivity contribution in [1.29, 1.82) is 0 Å². The number of rotatable bonds is 0. The van der Waals surface area contributed by atoms with Crippen LogP contribution in [0.5, 0.6) is 0 Å². The Balaban J connectivity index is 2.06. The van der Waals surface area contributed by atoms with Crippen LogP contribution in [0.4, 0.5) is 0 Å². The second kappa shape index (κ2) is 2.14. The Morgan fingerprint density at radius 2 is 2.42 bits per heavy atom. The topological polar surface area (TPSA) is 26.0 Å². The maximum Gasteiger partial charge on any atom is 0.0374 e. The Morgan fingerprint density at radius 3 is 3.08 bits per heavy atom. The monoisotopic (exact) mass is 163 g/mol. The number of allylic oxidation sites excluding steroid dienone is 1. The molecule has 66 valence electrons. The molecule has 0 aromatic heterocycles. The van der Waals surface area contributed by atoms with E-state index in [1.807, 2.05) is 0 Å². The van der Waals surface area contributed by atoms with Crippen LogP contribution < -0.4 is 5.73 Å². The van der Waals surface area contributed by atoms with Crippen molar-refractivity contribution in [2.45, 2.75) is 44.1 Å². The molecule has 0 saturated heterocycles. The van der Waals surface area contributed by atoms with Gasteiger partial charge in [-0.1, -0.05) is 18.1 Å². The normalized spacial score (nSPS) is 50.6. The molecule has 4 aliphatic rings. The molecule has 1 nitrogen and oxygen atoms in total. The summed E-state index contributed by atoms with van der Waals surface area (Å²) in [5, 5.41) is 0. The van der Waals surface area contributed by atoms with Crippen molar-refractivity contribution in [1.82, 2.24) is 0 Å². The zero-order valence-electron chi connectivity index (χ0n) is 7.55. The predicted octanol–water partition coefficient (Wildman–Crippen LogP) is 2.22. The van der Waals surface area contributed by atoms with Crippen molar-refractivity contribution in [2.75, 3.05) is 0 Å². The Morgan fingerprint density at radius 1 is 1.50 bits per heavy atom. The third kappa shape index (κ3) is 0.779. The highest BCUT2D eigenvalue weighted by Gasteiger charge is 2.46. The molecule has 0 unspecified atom stereocenters. The van der Waals surface area contributed by atoms with Crippen molar-refractivity contribution in [3.8, 4) is 0 Å². The molecule has 1 heteroatoms. The summed E-state index contributed by atoms with van der Waals surface area (Å²) in [6.07, 6.45) is 10.6. The van der Waals surface area contributed by atoms with E-state index in [4.69, 9.17) is 5.73 Å². The Bertz CT molecular complexity index is 243. The summed E-state index contributed by atoms with van der Waals surface area (Å²) in [5.41, 5.74) is 8.21. The standard InChI is InChI=1S/C11H17N/c12-11-5-1-2-9-6-8(7-11)3-4-10(9)11/h4,8-9H,1-3,5-7,12H2/t8-,9+,11-/m1/s1. The van der Waals surface area contributed by atoms with E-state index in [0.717, 1.165) is 11.8 Å². The van der Waals surface area contributed by atoms with Crippen molar-refractivity contribution in [2.24, 2.45) is 17.6 Å². The van der Waals surface area contributed by atoms with Crippen molar-refractivity contribution in [3.05, 3.63) is 11.6 Å². The Kier molecular flexibility index (Phi) is 1.27. The minimum Gasteiger partial charge on any atom is -0.322 e. The molecule has 12 heavy (non-hydrogen) atoms. The number of hydrogen-bond acceptors (Lipinski definition) is 1. The summed E-state index contributed by atoms with van der Waals surface area (Å²) in [4.78, 5) is 0. The van der Waals surface area contributed by atoms with Crippen molar-refractivity contribution < 1.29 is 0 Å². The summed E-state index contributed by atoms with van der Waals surface area (Å²) in [6, 6.07) is 0. The maximum absolute atomic E-state index is 6.42. The Labute approximate surface area is 74.0 Å². The second-order valence-corrected chi connectivity index (χ2v) is 4.95. The molecule has 2 fully saturated rings. The molecular formula is C11H17N. The largest absolute Gasteiger partial charge is 0.322 e. The maximum atomic E-state index is 6.42. The molecule has 0 aromatic carbocycles. The molecular weight excluding hydrogens is 146 g/mol. The van der Waals surface area contributed by atoms with Gasteiger partial charge in [0.2, 0.25) is 0 Å². The van der Waals surface area contributed by atoms with E-state index in [1.165, 1.54) is 38.5 Å². The fraction of sp³-hybridized carbons (Fsp3) is 0.818. The molecule has 4 bridgehead atoms. The molecule has 0 amide bonds. The molecule has 0 heterocycles. The third-order valence-corrected chi connectivity index (χ3v) is 4.13. The van der Waals surface area contributed by atoms with Crippen LogP contribution in [0.2, 0.25) is 0 Å². The van der Waals surface area contributed by atoms with Crippen LogP contribution in [0.3, 0.4) is 0 Å². The first-order chi connectivity index (χ1) is 5.78. The summed E-state index contributed by atoms with van der Waals surface area (Å²) in [6.45, 7) is 0. The molecule has 3 atom stereocenters. The quantitative estimate of drug-likeness (QED) is 0.544. The van der Waals surface area contributed by atoms with Gasteiger partial charge >= 0.3 is 0 Å². The molecule has 0 spiro atoms. The summed E-state index contributed by atoms with van der Waals surface area (Å²) in [7, 11) is 0. The van der Waals surface area contributed by atoms with Crippen LogP contribution in [-0.4, -0.2) is 5.54 Å². The number of nitrogens with two attached hydrogens (primary N) is 1. The highest BCUT2D eigenvalue weighted by atomic mass is 14.8. The fourth-order valence-electron chi connectivity index (χ4n) is 3.68. The van der Waals surface area contributed by atoms with Crippen LogP contribution in [0.15, 0.2) is 11.6 Å². The fourth-order valence-corrected chi connectivity index (χ4v) is 3.68. The van der Waals surface area contributed by atoms with E-state index in [1.54, 1.807) is 5.57 Å². The SMILES string of the molecule is N[C@@]12CCC[C@H]3C[C@@H](CC=C31)C2. The lowest BCUT2D eigenvalue weighted by Crippen LogP contribution is -2.53. The minimum absolute atomic E-state index is 0.157. The van der Waals surface area contributed by atoms with E-state index in [2.05, 4.69) is 6.08 Å². The van der Waals surface area contributed by atoms with Gasteiger partial charge in [0.1, 0.15) is 0 Å². The molecule has 0 aliphatic heterocycles. The molecule has 0 radical (unpaired) electrons. The van der Waals surface area contributed by atoms with E-state index in [0.29, 0.717) is 0 Å². The summed E-state index contributed by atoms with van der Waals surface area (Å²) >= 11 is 0. The van der Waals surface area contributed by atoms with Crippen LogP contribution >= 0.6 is 0 Å². The van der Waals surface area contributed by atoms with Crippen LogP contribution in [0.25, 0.3) is 0 Å². The number of hydrogen-bond donors (Lipinski definition) is 1. The van der Waals surface area contributed by atoms with Gasteiger partial charge in [0.05, 0.1) is 0 Å². The van der Waals surface area contributed by atoms with E-state index in [9.17, 15) is 0 Å². The lowest BCUT2D eigenvalue weighted by Gasteiger charge is -2.51. The van der Waals surface area contributed by atoms with Gasteiger partial charge in [0, 0.05) is 5.54 Å². The summed E-state index contributed by atoms with van der Waals surface area (Å²) < 4.78 is 0. The van der Waals surface area contributed by atoms with Gasteiger partial charge in [-0.05, 0) is 43.9 Å². The molecule has 4 aliphatic carbocycles. The first kappa shape index (κ1) is 7.14. The molecule has 2 N–H and O–H groups in total. The first-order valence-corrected chi connectivity index (χ1v) is 5.27. The highest BCUT2D eigenvalue weighted by molar-refractivity contribution is 5.31. The van der Waals surface area contributed by atoms with E-state index >= 15 is 0 Å². The molecule has 2 saturated carbocycles.